The number of methoxy groups -OCH3 is 1. The molecule has 0 aliphatic carbocycles. The zero-order valence-electron chi connectivity index (χ0n) is 11.8. The molecule has 0 saturated heterocycles. The van der Waals surface area contributed by atoms with Crippen molar-refractivity contribution in [3.05, 3.63) is 59.4 Å². The normalized spacial score (nSPS) is 10.9. The molecule has 0 fully saturated rings. The molecule has 0 atom stereocenters. The summed E-state index contributed by atoms with van der Waals surface area (Å²) in [6.45, 7) is 2.16. The third kappa shape index (κ3) is 2.39. The van der Waals surface area contributed by atoms with Gasteiger partial charge in [0.1, 0.15) is 11.6 Å². The highest BCUT2D eigenvalue weighted by Crippen LogP contribution is 2.21. The monoisotopic (exact) mass is 266 g/mol. The maximum atomic E-state index is 5.39. The molecule has 3 nitrogen and oxygen atoms in total. The largest absolute Gasteiger partial charge is 0.496 e. The summed E-state index contributed by atoms with van der Waals surface area (Å²) in [5, 5.41) is 0. The molecule has 0 unspecified atom stereocenters. The van der Waals surface area contributed by atoms with E-state index in [0.29, 0.717) is 0 Å². The van der Waals surface area contributed by atoms with Gasteiger partial charge < -0.3 is 9.72 Å². The number of benzene rings is 2. The van der Waals surface area contributed by atoms with Crippen LogP contribution in [-0.4, -0.2) is 17.1 Å². The summed E-state index contributed by atoms with van der Waals surface area (Å²) in [6, 6.07) is 14.4. The highest BCUT2D eigenvalue weighted by Gasteiger charge is 2.07. The standard InChI is InChI=1S/C17H18N2O/c1-3-12-8-9-14-15(10-12)19-17(18-14)11-13-6-4-5-7-16(13)20-2/h4-10H,3,11H2,1-2H3,(H,18,19). The van der Waals surface area contributed by atoms with Gasteiger partial charge in [0.15, 0.2) is 0 Å². The fourth-order valence-corrected chi connectivity index (χ4v) is 2.44. The van der Waals surface area contributed by atoms with Gasteiger partial charge in [-0.25, -0.2) is 4.98 Å². The van der Waals surface area contributed by atoms with Crippen molar-refractivity contribution in [1.82, 2.24) is 9.97 Å². The van der Waals surface area contributed by atoms with Crippen molar-refractivity contribution in [3.8, 4) is 5.75 Å². The Hall–Kier alpha value is -2.29. The highest BCUT2D eigenvalue weighted by atomic mass is 16.5. The minimum absolute atomic E-state index is 0.750. The molecule has 0 saturated carbocycles. The summed E-state index contributed by atoms with van der Waals surface area (Å²) in [5.74, 6) is 1.87. The molecule has 1 heterocycles. The van der Waals surface area contributed by atoms with E-state index >= 15 is 0 Å². The predicted molar refractivity (Wildman–Crippen MR) is 81.3 cm³/mol. The minimum Gasteiger partial charge on any atom is -0.496 e. The molecule has 1 N–H and O–H groups in total. The van der Waals surface area contributed by atoms with Crippen LogP contribution in [0.2, 0.25) is 0 Å². The fraction of sp³-hybridized carbons (Fsp3) is 0.235. The molecule has 0 aliphatic rings. The van der Waals surface area contributed by atoms with Crippen LogP contribution in [-0.2, 0) is 12.8 Å². The number of aromatic nitrogens is 2. The first-order chi connectivity index (χ1) is 9.80. The lowest BCUT2D eigenvalue weighted by Crippen LogP contribution is -1.94. The molecule has 0 aliphatic heterocycles. The molecule has 2 aromatic carbocycles. The Morgan fingerprint density at radius 1 is 1.15 bits per heavy atom. The molecule has 0 amide bonds. The molecule has 102 valence electrons. The summed E-state index contributed by atoms with van der Waals surface area (Å²) in [6.07, 6.45) is 1.79. The number of nitrogens with zero attached hydrogens (tertiary/aromatic N) is 1. The zero-order chi connectivity index (χ0) is 13.9. The Kier molecular flexibility index (Phi) is 3.42. The van der Waals surface area contributed by atoms with Crippen LogP contribution in [0.5, 0.6) is 5.75 Å². The van der Waals surface area contributed by atoms with Crippen LogP contribution in [0.25, 0.3) is 11.0 Å². The van der Waals surface area contributed by atoms with Crippen LogP contribution in [0.4, 0.5) is 0 Å². The van der Waals surface area contributed by atoms with Crippen molar-refractivity contribution in [1.29, 1.82) is 0 Å². The predicted octanol–water partition coefficient (Wildman–Crippen LogP) is 3.72. The molecular weight excluding hydrogens is 248 g/mol. The average molecular weight is 266 g/mol. The molecular formula is C17H18N2O. The zero-order valence-corrected chi connectivity index (χ0v) is 11.8. The molecule has 20 heavy (non-hydrogen) atoms. The summed E-state index contributed by atoms with van der Waals surface area (Å²) < 4.78 is 5.39. The van der Waals surface area contributed by atoms with E-state index in [4.69, 9.17) is 4.74 Å². The van der Waals surface area contributed by atoms with E-state index < -0.39 is 0 Å². The highest BCUT2D eigenvalue weighted by molar-refractivity contribution is 5.76. The first-order valence-electron chi connectivity index (χ1n) is 6.89. The van der Waals surface area contributed by atoms with Crippen LogP contribution in [0, 0.1) is 0 Å². The van der Waals surface area contributed by atoms with Crippen molar-refractivity contribution in [2.24, 2.45) is 0 Å². The SMILES string of the molecule is CCc1ccc2nc(Cc3ccccc3OC)[nH]c2c1. The van der Waals surface area contributed by atoms with Crippen molar-refractivity contribution in [2.45, 2.75) is 19.8 Å². The average Bonchev–Trinajstić information content (AvgIpc) is 2.89. The third-order valence-corrected chi connectivity index (χ3v) is 3.55. The Morgan fingerprint density at radius 2 is 2.00 bits per heavy atom. The second kappa shape index (κ2) is 5.37. The summed E-state index contributed by atoms with van der Waals surface area (Å²) in [5.41, 5.74) is 4.59. The number of rotatable bonds is 4. The second-order valence-electron chi connectivity index (χ2n) is 4.88. The summed E-state index contributed by atoms with van der Waals surface area (Å²) >= 11 is 0. The number of H-pyrrole nitrogens is 1. The Balaban J connectivity index is 1.94. The number of ether oxygens (including phenoxy) is 1. The summed E-state index contributed by atoms with van der Waals surface area (Å²) in [7, 11) is 1.70. The second-order valence-corrected chi connectivity index (χ2v) is 4.88. The van der Waals surface area contributed by atoms with E-state index in [1.165, 1.54) is 5.56 Å². The van der Waals surface area contributed by atoms with Gasteiger partial charge in [-0.05, 0) is 30.2 Å². The third-order valence-electron chi connectivity index (χ3n) is 3.55. The molecule has 1 aromatic heterocycles. The Morgan fingerprint density at radius 3 is 2.80 bits per heavy atom. The molecule has 0 radical (unpaired) electrons. The lowest BCUT2D eigenvalue weighted by molar-refractivity contribution is 0.410. The molecule has 3 heteroatoms. The van der Waals surface area contributed by atoms with Gasteiger partial charge >= 0.3 is 0 Å². The van der Waals surface area contributed by atoms with Crippen molar-refractivity contribution in [2.75, 3.05) is 7.11 Å². The number of para-hydroxylation sites is 1. The van der Waals surface area contributed by atoms with Gasteiger partial charge in [0.05, 0.1) is 18.1 Å². The lowest BCUT2D eigenvalue weighted by atomic mass is 10.1. The van der Waals surface area contributed by atoms with E-state index in [9.17, 15) is 0 Å². The number of aryl methyl sites for hydroxylation is 1. The summed E-state index contributed by atoms with van der Waals surface area (Å²) in [4.78, 5) is 8.05. The molecule has 3 rings (SSSR count). The van der Waals surface area contributed by atoms with Crippen LogP contribution < -0.4 is 4.74 Å². The van der Waals surface area contributed by atoms with Gasteiger partial charge in [-0.2, -0.15) is 0 Å². The number of aromatic amines is 1. The number of hydrogen-bond donors (Lipinski definition) is 1. The minimum atomic E-state index is 0.750. The first-order valence-corrected chi connectivity index (χ1v) is 6.89. The van der Waals surface area contributed by atoms with E-state index in [0.717, 1.165) is 41.0 Å². The first kappa shape index (κ1) is 12.7. The van der Waals surface area contributed by atoms with Crippen LogP contribution in [0.3, 0.4) is 0 Å². The number of fused-ring (bicyclic) bond motifs is 1. The van der Waals surface area contributed by atoms with Crippen LogP contribution >= 0.6 is 0 Å². The smallest absolute Gasteiger partial charge is 0.122 e. The Bertz CT molecular complexity index is 731. The number of nitrogens with one attached hydrogen (secondary N) is 1. The molecule has 3 aromatic rings. The van der Waals surface area contributed by atoms with Crippen LogP contribution in [0.1, 0.15) is 23.9 Å². The van der Waals surface area contributed by atoms with Gasteiger partial charge in [-0.3, -0.25) is 0 Å². The maximum Gasteiger partial charge on any atom is 0.122 e. The Labute approximate surface area is 118 Å². The lowest BCUT2D eigenvalue weighted by Gasteiger charge is -2.05. The van der Waals surface area contributed by atoms with E-state index in [2.05, 4.69) is 41.2 Å². The van der Waals surface area contributed by atoms with E-state index in [1.54, 1.807) is 7.11 Å². The van der Waals surface area contributed by atoms with Crippen molar-refractivity contribution >= 4 is 11.0 Å². The van der Waals surface area contributed by atoms with Crippen LogP contribution in [0.15, 0.2) is 42.5 Å². The number of hydrogen-bond acceptors (Lipinski definition) is 2. The van der Waals surface area contributed by atoms with Gasteiger partial charge in [-0.15, -0.1) is 0 Å². The van der Waals surface area contributed by atoms with Gasteiger partial charge in [-0.1, -0.05) is 31.2 Å². The topological polar surface area (TPSA) is 37.9 Å². The van der Waals surface area contributed by atoms with Gasteiger partial charge in [0.25, 0.3) is 0 Å². The van der Waals surface area contributed by atoms with E-state index in [-0.39, 0.29) is 0 Å². The number of imidazole rings is 1. The maximum absolute atomic E-state index is 5.39. The van der Waals surface area contributed by atoms with Crippen molar-refractivity contribution in [3.63, 3.8) is 0 Å². The quantitative estimate of drug-likeness (QED) is 0.781. The fourth-order valence-electron chi connectivity index (χ4n) is 2.44. The van der Waals surface area contributed by atoms with Crippen molar-refractivity contribution < 1.29 is 4.74 Å². The van der Waals surface area contributed by atoms with Gasteiger partial charge in [0, 0.05) is 12.0 Å². The molecule has 0 spiro atoms. The van der Waals surface area contributed by atoms with E-state index in [1.807, 2.05) is 18.2 Å². The van der Waals surface area contributed by atoms with Gasteiger partial charge in [0.2, 0.25) is 0 Å². The molecule has 0 bridgehead atoms.